The first kappa shape index (κ1) is 23.3. The molecule has 0 aromatic heterocycles. The number of imide groups is 1. The van der Waals surface area contributed by atoms with Crippen LogP contribution in [-0.4, -0.2) is 54.3 Å². The maximum Gasteiger partial charge on any atom is 0.262 e. The van der Waals surface area contributed by atoms with Gasteiger partial charge in [-0.15, -0.1) is 0 Å². The van der Waals surface area contributed by atoms with Crippen molar-refractivity contribution in [3.05, 3.63) is 59.2 Å². The number of hydrogen-bond donors (Lipinski definition) is 0. The molecule has 32 heavy (non-hydrogen) atoms. The van der Waals surface area contributed by atoms with Gasteiger partial charge in [-0.05, 0) is 49.1 Å². The third kappa shape index (κ3) is 4.47. The van der Waals surface area contributed by atoms with Gasteiger partial charge in [-0.3, -0.25) is 19.3 Å². The number of ether oxygens (including phenoxy) is 2. The van der Waals surface area contributed by atoms with Gasteiger partial charge < -0.3 is 14.4 Å². The lowest BCUT2D eigenvalue weighted by Crippen LogP contribution is -2.51. The van der Waals surface area contributed by atoms with Crippen LogP contribution in [0.15, 0.2) is 42.5 Å². The Balaban J connectivity index is 1.90. The van der Waals surface area contributed by atoms with E-state index in [-0.39, 0.29) is 11.8 Å². The smallest absolute Gasteiger partial charge is 0.262 e. The summed E-state index contributed by atoms with van der Waals surface area (Å²) in [7, 11) is 3.13. The topological polar surface area (TPSA) is 76.2 Å². The predicted octanol–water partition coefficient (Wildman–Crippen LogP) is 3.76. The van der Waals surface area contributed by atoms with E-state index in [1.165, 1.54) is 0 Å². The Morgan fingerprint density at radius 3 is 2.06 bits per heavy atom. The van der Waals surface area contributed by atoms with Crippen LogP contribution in [-0.2, 0) is 11.3 Å². The maximum atomic E-state index is 13.6. The molecule has 1 atom stereocenters. The number of methoxy groups -OCH3 is 2. The monoisotopic (exact) mass is 438 g/mol. The average molecular weight is 439 g/mol. The van der Waals surface area contributed by atoms with Crippen LogP contribution in [0.4, 0.5) is 0 Å². The molecule has 2 aromatic rings. The third-order valence-electron chi connectivity index (χ3n) is 5.63. The third-order valence-corrected chi connectivity index (χ3v) is 5.63. The summed E-state index contributed by atoms with van der Waals surface area (Å²) >= 11 is 0. The van der Waals surface area contributed by atoms with E-state index in [0.717, 1.165) is 10.5 Å². The van der Waals surface area contributed by atoms with Crippen LogP contribution in [0.25, 0.3) is 0 Å². The number of fused-ring (bicyclic) bond motifs is 1. The second-order valence-corrected chi connectivity index (χ2v) is 8.21. The minimum atomic E-state index is -0.859. The molecule has 3 rings (SSSR count). The molecule has 1 heterocycles. The molecule has 0 fully saturated rings. The summed E-state index contributed by atoms with van der Waals surface area (Å²) in [6, 6.07) is 11.3. The van der Waals surface area contributed by atoms with Gasteiger partial charge in [-0.25, -0.2) is 0 Å². The fourth-order valence-electron chi connectivity index (χ4n) is 4.01. The van der Waals surface area contributed by atoms with Crippen molar-refractivity contribution in [3.8, 4) is 11.5 Å². The summed E-state index contributed by atoms with van der Waals surface area (Å²) in [5.41, 5.74) is 1.56. The van der Waals surface area contributed by atoms with E-state index < -0.39 is 17.9 Å². The summed E-state index contributed by atoms with van der Waals surface area (Å²) in [5, 5.41) is 0. The molecule has 0 saturated carbocycles. The van der Waals surface area contributed by atoms with Gasteiger partial charge in [0, 0.05) is 13.1 Å². The number of benzene rings is 2. The standard InChI is InChI=1S/C25H30N2O5/c1-6-26(15-17-11-12-21(31-4)22(14-17)32-5)25(30)20(13-16(2)3)27-23(28)18-9-7-8-10-19(18)24(27)29/h7-12,14,16,20H,6,13,15H2,1-5H3. The number of hydrogen-bond acceptors (Lipinski definition) is 5. The first-order valence-electron chi connectivity index (χ1n) is 10.8. The number of carbonyl (C=O) groups excluding carboxylic acids is 3. The van der Waals surface area contributed by atoms with Gasteiger partial charge >= 0.3 is 0 Å². The van der Waals surface area contributed by atoms with Crippen LogP contribution in [0.5, 0.6) is 11.5 Å². The van der Waals surface area contributed by atoms with E-state index in [4.69, 9.17) is 9.47 Å². The van der Waals surface area contributed by atoms with E-state index in [2.05, 4.69) is 0 Å². The minimum absolute atomic E-state index is 0.119. The zero-order chi connectivity index (χ0) is 23.4. The first-order valence-corrected chi connectivity index (χ1v) is 10.8. The number of carbonyl (C=O) groups is 3. The minimum Gasteiger partial charge on any atom is -0.493 e. The molecular weight excluding hydrogens is 408 g/mol. The van der Waals surface area contributed by atoms with Crippen LogP contribution in [0, 0.1) is 5.92 Å². The molecule has 170 valence electrons. The van der Waals surface area contributed by atoms with Crippen LogP contribution >= 0.6 is 0 Å². The molecule has 2 aromatic carbocycles. The van der Waals surface area contributed by atoms with Crippen LogP contribution < -0.4 is 9.47 Å². The molecular formula is C25H30N2O5. The molecule has 0 bridgehead atoms. The van der Waals surface area contributed by atoms with Gasteiger partial charge in [-0.2, -0.15) is 0 Å². The van der Waals surface area contributed by atoms with Crippen molar-refractivity contribution in [3.63, 3.8) is 0 Å². The average Bonchev–Trinajstić information content (AvgIpc) is 3.05. The summed E-state index contributed by atoms with van der Waals surface area (Å²) in [6.07, 6.45) is 0.396. The lowest BCUT2D eigenvalue weighted by Gasteiger charge is -2.32. The Kier molecular flexibility index (Phi) is 7.18. The lowest BCUT2D eigenvalue weighted by molar-refractivity contribution is -0.136. The van der Waals surface area contributed by atoms with Crippen molar-refractivity contribution < 1.29 is 23.9 Å². The highest BCUT2D eigenvalue weighted by atomic mass is 16.5. The Labute approximate surface area is 188 Å². The van der Waals surface area contributed by atoms with Gasteiger partial charge in [-0.1, -0.05) is 32.0 Å². The van der Waals surface area contributed by atoms with Crippen molar-refractivity contribution in [2.24, 2.45) is 5.92 Å². The van der Waals surface area contributed by atoms with Crippen LogP contribution in [0.2, 0.25) is 0 Å². The molecule has 0 aliphatic carbocycles. The Morgan fingerprint density at radius 1 is 0.969 bits per heavy atom. The van der Waals surface area contributed by atoms with Crippen LogP contribution in [0.1, 0.15) is 53.5 Å². The first-order chi connectivity index (χ1) is 15.3. The predicted molar refractivity (Wildman–Crippen MR) is 121 cm³/mol. The van der Waals surface area contributed by atoms with Crippen molar-refractivity contribution in [2.45, 2.75) is 39.8 Å². The fourth-order valence-corrected chi connectivity index (χ4v) is 4.01. The lowest BCUT2D eigenvalue weighted by atomic mass is 10.0. The van der Waals surface area contributed by atoms with E-state index >= 15 is 0 Å². The van der Waals surface area contributed by atoms with Gasteiger partial charge in [0.05, 0.1) is 25.3 Å². The quantitative estimate of drug-likeness (QED) is 0.557. The van der Waals surface area contributed by atoms with Crippen molar-refractivity contribution in [1.82, 2.24) is 9.80 Å². The molecule has 0 N–H and O–H groups in total. The molecule has 0 saturated heterocycles. The van der Waals surface area contributed by atoms with Crippen molar-refractivity contribution in [2.75, 3.05) is 20.8 Å². The molecule has 3 amide bonds. The Hall–Kier alpha value is -3.35. The zero-order valence-corrected chi connectivity index (χ0v) is 19.3. The second-order valence-electron chi connectivity index (χ2n) is 8.21. The van der Waals surface area contributed by atoms with Gasteiger partial charge in [0.15, 0.2) is 11.5 Å². The number of amides is 3. The Morgan fingerprint density at radius 2 is 1.56 bits per heavy atom. The molecule has 7 nitrogen and oxygen atoms in total. The molecule has 1 unspecified atom stereocenters. The highest BCUT2D eigenvalue weighted by Crippen LogP contribution is 2.30. The number of rotatable bonds is 9. The number of nitrogens with zero attached hydrogens (tertiary/aromatic N) is 2. The van der Waals surface area contributed by atoms with E-state index in [1.807, 2.05) is 32.9 Å². The normalized spacial score (nSPS) is 13.9. The van der Waals surface area contributed by atoms with Crippen LogP contribution in [0.3, 0.4) is 0 Å². The SMILES string of the molecule is CCN(Cc1ccc(OC)c(OC)c1)C(=O)C(CC(C)C)N1C(=O)c2ccccc2C1=O. The maximum absolute atomic E-state index is 13.6. The largest absolute Gasteiger partial charge is 0.493 e. The molecule has 7 heteroatoms. The zero-order valence-electron chi connectivity index (χ0n) is 19.3. The summed E-state index contributed by atoms with van der Waals surface area (Å²) < 4.78 is 10.7. The molecule has 1 aliphatic rings. The van der Waals surface area contributed by atoms with E-state index in [0.29, 0.717) is 42.1 Å². The summed E-state index contributed by atoms with van der Waals surface area (Å²) in [4.78, 5) is 42.6. The molecule has 1 aliphatic heterocycles. The van der Waals surface area contributed by atoms with Gasteiger partial charge in [0.25, 0.3) is 11.8 Å². The fraction of sp³-hybridized carbons (Fsp3) is 0.400. The highest BCUT2D eigenvalue weighted by Gasteiger charge is 2.43. The second kappa shape index (κ2) is 9.85. The van der Waals surface area contributed by atoms with Gasteiger partial charge in [0.2, 0.25) is 5.91 Å². The highest BCUT2D eigenvalue weighted by molar-refractivity contribution is 6.22. The van der Waals surface area contributed by atoms with Crippen molar-refractivity contribution >= 4 is 17.7 Å². The van der Waals surface area contributed by atoms with E-state index in [9.17, 15) is 14.4 Å². The summed E-state index contributed by atoms with van der Waals surface area (Å²) in [5.74, 6) is 0.235. The van der Waals surface area contributed by atoms with Crippen molar-refractivity contribution in [1.29, 1.82) is 0 Å². The van der Waals surface area contributed by atoms with E-state index in [1.54, 1.807) is 49.5 Å². The number of likely N-dealkylation sites (N-methyl/N-ethyl adjacent to an activating group) is 1. The molecule has 0 radical (unpaired) electrons. The summed E-state index contributed by atoms with van der Waals surface area (Å²) in [6.45, 7) is 6.60. The molecule has 0 spiro atoms. The van der Waals surface area contributed by atoms with Gasteiger partial charge in [0.1, 0.15) is 6.04 Å². The Bertz CT molecular complexity index is 982.